The monoisotopic (exact) mass is 263 g/mol. The highest BCUT2D eigenvalue weighted by Gasteiger charge is 2.14. The van der Waals surface area contributed by atoms with Gasteiger partial charge in [-0.1, -0.05) is 12.2 Å². The van der Waals surface area contributed by atoms with Crippen molar-refractivity contribution in [2.24, 2.45) is 0 Å². The van der Waals surface area contributed by atoms with Gasteiger partial charge in [0, 0.05) is 24.2 Å². The van der Waals surface area contributed by atoms with Gasteiger partial charge in [0.05, 0.1) is 21.3 Å². The minimum Gasteiger partial charge on any atom is -0.496 e. The van der Waals surface area contributed by atoms with Crippen LogP contribution in [-0.2, 0) is 6.54 Å². The number of ether oxygens (including phenoxy) is 3. The third-order valence-electron chi connectivity index (χ3n) is 3.38. The van der Waals surface area contributed by atoms with Crippen molar-refractivity contribution in [1.82, 2.24) is 5.32 Å². The molecule has 0 aromatic heterocycles. The molecular weight excluding hydrogens is 242 g/mol. The lowest BCUT2D eigenvalue weighted by molar-refractivity contribution is 0.346. The Morgan fingerprint density at radius 1 is 0.947 bits per heavy atom. The zero-order valence-electron chi connectivity index (χ0n) is 11.7. The molecule has 0 saturated heterocycles. The Morgan fingerprint density at radius 3 is 2.11 bits per heavy atom. The Bertz CT molecular complexity index is 449. The molecule has 0 radical (unpaired) electrons. The van der Waals surface area contributed by atoms with Crippen LogP contribution in [-0.4, -0.2) is 27.4 Å². The molecule has 19 heavy (non-hydrogen) atoms. The zero-order chi connectivity index (χ0) is 13.7. The highest BCUT2D eigenvalue weighted by atomic mass is 16.5. The third kappa shape index (κ3) is 3.20. The number of benzene rings is 1. The molecule has 0 heterocycles. The molecule has 0 spiro atoms. The Balaban J connectivity index is 2.12. The quantitative estimate of drug-likeness (QED) is 0.801. The van der Waals surface area contributed by atoms with Crippen LogP contribution in [0.5, 0.6) is 17.2 Å². The molecule has 0 aliphatic heterocycles. The maximum absolute atomic E-state index is 5.41. The summed E-state index contributed by atoms with van der Waals surface area (Å²) in [6.45, 7) is 0.760. The van der Waals surface area contributed by atoms with Crippen molar-refractivity contribution in [1.29, 1.82) is 0 Å². The van der Waals surface area contributed by atoms with Crippen LogP contribution in [0.3, 0.4) is 0 Å². The van der Waals surface area contributed by atoms with E-state index in [1.54, 1.807) is 21.3 Å². The van der Waals surface area contributed by atoms with E-state index in [9.17, 15) is 0 Å². The summed E-state index contributed by atoms with van der Waals surface area (Å²) in [6.07, 6.45) is 6.61. The summed E-state index contributed by atoms with van der Waals surface area (Å²) >= 11 is 0. The van der Waals surface area contributed by atoms with Gasteiger partial charge in [-0.25, -0.2) is 0 Å². The normalized spacial score (nSPS) is 14.7. The van der Waals surface area contributed by atoms with Gasteiger partial charge in [0.2, 0.25) is 0 Å². The van der Waals surface area contributed by atoms with Gasteiger partial charge in [0.15, 0.2) is 11.5 Å². The predicted molar refractivity (Wildman–Crippen MR) is 75.1 cm³/mol. The van der Waals surface area contributed by atoms with Crippen molar-refractivity contribution < 1.29 is 14.2 Å². The SMILES string of the molecule is COc1cc(OC)c(OC)cc1CNC1CC=CC1. The molecular formula is C15H21NO3. The lowest BCUT2D eigenvalue weighted by Gasteiger charge is -2.16. The number of hydrogen-bond acceptors (Lipinski definition) is 4. The molecule has 1 aromatic rings. The van der Waals surface area contributed by atoms with Gasteiger partial charge < -0.3 is 19.5 Å². The van der Waals surface area contributed by atoms with E-state index in [0.717, 1.165) is 36.4 Å². The van der Waals surface area contributed by atoms with E-state index in [1.807, 2.05) is 12.1 Å². The molecule has 0 atom stereocenters. The van der Waals surface area contributed by atoms with Crippen LogP contribution in [0.4, 0.5) is 0 Å². The van der Waals surface area contributed by atoms with Gasteiger partial charge in [-0.3, -0.25) is 0 Å². The summed E-state index contributed by atoms with van der Waals surface area (Å²) in [4.78, 5) is 0. The van der Waals surface area contributed by atoms with Crippen LogP contribution < -0.4 is 19.5 Å². The molecule has 104 valence electrons. The van der Waals surface area contributed by atoms with Crippen LogP contribution in [0.1, 0.15) is 18.4 Å². The van der Waals surface area contributed by atoms with Gasteiger partial charge in [0.1, 0.15) is 5.75 Å². The molecule has 1 aliphatic carbocycles. The molecule has 1 N–H and O–H groups in total. The van der Waals surface area contributed by atoms with Crippen molar-refractivity contribution in [2.45, 2.75) is 25.4 Å². The first-order valence-corrected chi connectivity index (χ1v) is 6.45. The largest absolute Gasteiger partial charge is 0.496 e. The number of hydrogen-bond donors (Lipinski definition) is 1. The average molecular weight is 263 g/mol. The molecule has 4 nitrogen and oxygen atoms in total. The molecule has 1 aromatic carbocycles. The van der Waals surface area contributed by atoms with Crippen LogP contribution >= 0.6 is 0 Å². The number of rotatable bonds is 6. The van der Waals surface area contributed by atoms with E-state index in [0.29, 0.717) is 11.8 Å². The Hall–Kier alpha value is -1.68. The summed E-state index contributed by atoms with van der Waals surface area (Å²) in [7, 11) is 4.93. The Labute approximate surface area is 114 Å². The topological polar surface area (TPSA) is 39.7 Å². The first-order valence-electron chi connectivity index (χ1n) is 6.45. The summed E-state index contributed by atoms with van der Waals surface area (Å²) in [5.41, 5.74) is 1.08. The van der Waals surface area contributed by atoms with Crippen molar-refractivity contribution >= 4 is 0 Å². The first kappa shape index (κ1) is 13.7. The smallest absolute Gasteiger partial charge is 0.164 e. The summed E-state index contributed by atoms with van der Waals surface area (Å²) < 4.78 is 16.0. The minimum absolute atomic E-state index is 0.526. The molecule has 0 fully saturated rings. The zero-order valence-corrected chi connectivity index (χ0v) is 11.7. The highest BCUT2D eigenvalue weighted by molar-refractivity contribution is 5.50. The molecule has 4 heteroatoms. The van der Waals surface area contributed by atoms with Crippen LogP contribution in [0.15, 0.2) is 24.3 Å². The van der Waals surface area contributed by atoms with Crippen molar-refractivity contribution in [3.8, 4) is 17.2 Å². The Morgan fingerprint density at radius 2 is 1.53 bits per heavy atom. The predicted octanol–water partition coefficient (Wildman–Crippen LogP) is 2.52. The van der Waals surface area contributed by atoms with E-state index in [2.05, 4.69) is 17.5 Å². The van der Waals surface area contributed by atoms with E-state index in [-0.39, 0.29) is 0 Å². The molecule has 0 amide bonds. The fourth-order valence-corrected chi connectivity index (χ4v) is 2.27. The highest BCUT2D eigenvalue weighted by Crippen LogP contribution is 2.34. The fraction of sp³-hybridized carbons (Fsp3) is 0.467. The van der Waals surface area contributed by atoms with Crippen molar-refractivity contribution in [3.05, 3.63) is 29.8 Å². The lowest BCUT2D eigenvalue weighted by Crippen LogP contribution is -2.25. The van der Waals surface area contributed by atoms with Gasteiger partial charge in [0.25, 0.3) is 0 Å². The van der Waals surface area contributed by atoms with Crippen LogP contribution in [0, 0.1) is 0 Å². The number of nitrogens with one attached hydrogen (secondary N) is 1. The van der Waals surface area contributed by atoms with Crippen LogP contribution in [0.25, 0.3) is 0 Å². The maximum atomic E-state index is 5.41. The second kappa shape index (κ2) is 6.48. The molecule has 2 rings (SSSR count). The van der Waals surface area contributed by atoms with Crippen molar-refractivity contribution in [2.75, 3.05) is 21.3 Å². The maximum Gasteiger partial charge on any atom is 0.164 e. The number of methoxy groups -OCH3 is 3. The molecule has 0 unspecified atom stereocenters. The van der Waals surface area contributed by atoms with Crippen molar-refractivity contribution in [3.63, 3.8) is 0 Å². The molecule has 1 aliphatic rings. The first-order chi connectivity index (χ1) is 9.28. The second-order valence-electron chi connectivity index (χ2n) is 4.54. The summed E-state index contributed by atoms with van der Waals surface area (Å²) in [5, 5.41) is 3.52. The fourth-order valence-electron chi connectivity index (χ4n) is 2.27. The molecule has 0 saturated carbocycles. The third-order valence-corrected chi connectivity index (χ3v) is 3.38. The Kier molecular flexibility index (Phi) is 4.68. The van der Waals surface area contributed by atoms with Crippen LogP contribution in [0.2, 0.25) is 0 Å². The van der Waals surface area contributed by atoms with E-state index in [1.165, 1.54) is 0 Å². The second-order valence-corrected chi connectivity index (χ2v) is 4.54. The van der Waals surface area contributed by atoms with E-state index < -0.39 is 0 Å². The van der Waals surface area contributed by atoms with Gasteiger partial charge in [-0.05, 0) is 18.9 Å². The summed E-state index contributed by atoms with van der Waals surface area (Å²) in [6, 6.07) is 4.35. The molecule has 0 bridgehead atoms. The average Bonchev–Trinajstić information content (AvgIpc) is 2.97. The summed E-state index contributed by atoms with van der Waals surface area (Å²) in [5.74, 6) is 2.23. The lowest BCUT2D eigenvalue weighted by atomic mass is 10.1. The van der Waals surface area contributed by atoms with Gasteiger partial charge in [-0.2, -0.15) is 0 Å². The standard InChI is InChI=1S/C15H21NO3/c1-17-13-9-15(19-3)14(18-2)8-11(13)10-16-12-6-4-5-7-12/h4-5,8-9,12,16H,6-7,10H2,1-3H3. The van der Waals surface area contributed by atoms with E-state index in [4.69, 9.17) is 14.2 Å². The minimum atomic E-state index is 0.526. The van der Waals surface area contributed by atoms with E-state index >= 15 is 0 Å². The van der Waals surface area contributed by atoms with Gasteiger partial charge in [-0.15, -0.1) is 0 Å². The van der Waals surface area contributed by atoms with Gasteiger partial charge >= 0.3 is 0 Å².